The topological polar surface area (TPSA) is 34.4 Å². The van der Waals surface area contributed by atoms with Crippen LogP contribution in [0.2, 0.25) is 0 Å². The molecule has 0 aliphatic heterocycles. The van der Waals surface area contributed by atoms with Gasteiger partial charge in [0.25, 0.3) is 0 Å². The van der Waals surface area contributed by atoms with Crippen LogP contribution in [0.4, 0.5) is 0 Å². The molecule has 0 spiro atoms. The van der Waals surface area contributed by atoms with Crippen molar-refractivity contribution in [3.8, 4) is 0 Å². The van der Waals surface area contributed by atoms with Crippen LogP contribution in [0.5, 0.6) is 0 Å². The van der Waals surface area contributed by atoms with E-state index in [2.05, 4.69) is 18.3 Å². The molecule has 4 unspecified atom stereocenters. The van der Waals surface area contributed by atoms with E-state index in [0.717, 1.165) is 35.8 Å². The molecule has 1 N–H and O–H groups in total. The number of hydrogen-bond donors (Lipinski definition) is 1. The Morgan fingerprint density at radius 2 is 2.25 bits per heavy atom. The Bertz CT molecular complexity index is 428. The van der Waals surface area contributed by atoms with E-state index in [1.807, 2.05) is 6.07 Å². The molecule has 0 radical (unpaired) electrons. The van der Waals surface area contributed by atoms with Crippen molar-refractivity contribution >= 4 is 0 Å². The second-order valence-electron chi connectivity index (χ2n) is 6.52. The van der Waals surface area contributed by atoms with Gasteiger partial charge in [-0.05, 0) is 62.1 Å². The van der Waals surface area contributed by atoms with Crippen LogP contribution in [-0.4, -0.2) is 13.7 Å². The predicted octanol–water partition coefficient (Wildman–Crippen LogP) is 3.90. The van der Waals surface area contributed by atoms with Crippen LogP contribution < -0.4 is 5.32 Å². The fraction of sp³-hybridized carbons (Fsp3) is 0.765. The summed E-state index contributed by atoms with van der Waals surface area (Å²) in [6.07, 6.45) is 7.09. The van der Waals surface area contributed by atoms with Crippen molar-refractivity contribution < 1.29 is 9.15 Å². The summed E-state index contributed by atoms with van der Waals surface area (Å²) in [5.41, 5.74) is 0. The molecule has 3 rings (SSSR count). The van der Waals surface area contributed by atoms with Gasteiger partial charge in [-0.1, -0.05) is 13.3 Å². The third-order valence-corrected chi connectivity index (χ3v) is 5.19. The summed E-state index contributed by atoms with van der Waals surface area (Å²) < 4.78 is 11.1. The van der Waals surface area contributed by atoms with Crippen LogP contribution in [0, 0.1) is 17.8 Å². The minimum absolute atomic E-state index is 0.370. The maximum atomic E-state index is 5.94. The lowest BCUT2D eigenvalue weighted by molar-refractivity contribution is 0.160. The van der Waals surface area contributed by atoms with Gasteiger partial charge in [0, 0.05) is 7.11 Å². The van der Waals surface area contributed by atoms with Gasteiger partial charge in [0.15, 0.2) is 0 Å². The average Bonchev–Trinajstić information content (AvgIpc) is 3.14. The van der Waals surface area contributed by atoms with Crippen molar-refractivity contribution in [1.29, 1.82) is 0 Å². The van der Waals surface area contributed by atoms with E-state index in [1.165, 1.54) is 32.1 Å². The molecule has 0 amide bonds. The molecule has 2 fully saturated rings. The second kappa shape index (κ2) is 6.31. The molecule has 4 atom stereocenters. The van der Waals surface area contributed by atoms with E-state index in [1.54, 1.807) is 7.11 Å². The zero-order chi connectivity index (χ0) is 13.9. The van der Waals surface area contributed by atoms with Crippen molar-refractivity contribution in [1.82, 2.24) is 5.32 Å². The number of hydrogen-bond acceptors (Lipinski definition) is 3. The Hall–Kier alpha value is -0.800. The molecule has 1 aromatic heterocycles. The summed E-state index contributed by atoms with van der Waals surface area (Å²) in [5.74, 6) is 4.91. The van der Waals surface area contributed by atoms with Crippen molar-refractivity contribution in [2.45, 2.75) is 51.7 Å². The fourth-order valence-corrected chi connectivity index (χ4v) is 4.32. The van der Waals surface area contributed by atoms with Gasteiger partial charge in [-0.15, -0.1) is 0 Å². The highest BCUT2D eigenvalue weighted by Crippen LogP contribution is 2.51. The van der Waals surface area contributed by atoms with Crippen molar-refractivity contribution in [2.24, 2.45) is 17.8 Å². The Morgan fingerprint density at radius 1 is 1.35 bits per heavy atom. The molecular formula is C17H27NO2. The molecule has 1 aromatic rings. The lowest BCUT2D eigenvalue weighted by atomic mass is 9.84. The normalized spacial score (nSPS) is 30.0. The summed E-state index contributed by atoms with van der Waals surface area (Å²) >= 11 is 0. The summed E-state index contributed by atoms with van der Waals surface area (Å²) in [6, 6.07) is 4.54. The van der Waals surface area contributed by atoms with Gasteiger partial charge in [0.2, 0.25) is 0 Å². The number of fused-ring (bicyclic) bond motifs is 2. The SMILES string of the molecule is CCNC(CC1CC2CCC1C2)c1ccc(COC)o1. The zero-order valence-electron chi connectivity index (χ0n) is 12.7. The Morgan fingerprint density at radius 3 is 2.90 bits per heavy atom. The van der Waals surface area contributed by atoms with E-state index in [9.17, 15) is 0 Å². The number of furan rings is 1. The predicted molar refractivity (Wildman–Crippen MR) is 79.4 cm³/mol. The highest BCUT2D eigenvalue weighted by atomic mass is 16.5. The standard InChI is InChI=1S/C17H27NO2/c1-3-18-16(17-7-6-15(20-17)11-19-2)10-14-9-12-4-5-13(14)8-12/h6-7,12-14,16,18H,3-5,8-11H2,1-2H3. The summed E-state index contributed by atoms with van der Waals surface area (Å²) in [7, 11) is 1.71. The molecule has 1 heterocycles. The number of ether oxygens (including phenoxy) is 1. The van der Waals surface area contributed by atoms with E-state index < -0.39 is 0 Å². The van der Waals surface area contributed by atoms with Crippen LogP contribution in [0.25, 0.3) is 0 Å². The first-order valence-electron chi connectivity index (χ1n) is 8.11. The molecule has 3 heteroatoms. The lowest BCUT2D eigenvalue weighted by Gasteiger charge is -2.26. The van der Waals surface area contributed by atoms with Gasteiger partial charge >= 0.3 is 0 Å². The second-order valence-corrected chi connectivity index (χ2v) is 6.52. The Labute approximate surface area is 122 Å². The van der Waals surface area contributed by atoms with E-state index >= 15 is 0 Å². The van der Waals surface area contributed by atoms with E-state index in [0.29, 0.717) is 12.6 Å². The zero-order valence-corrected chi connectivity index (χ0v) is 12.7. The summed E-state index contributed by atoms with van der Waals surface area (Å²) in [4.78, 5) is 0. The van der Waals surface area contributed by atoms with Crippen molar-refractivity contribution in [2.75, 3.05) is 13.7 Å². The molecular weight excluding hydrogens is 250 g/mol. The van der Waals surface area contributed by atoms with Gasteiger partial charge in [-0.2, -0.15) is 0 Å². The molecule has 0 saturated heterocycles. The van der Waals surface area contributed by atoms with E-state index in [4.69, 9.17) is 9.15 Å². The Kier molecular flexibility index (Phi) is 4.47. The van der Waals surface area contributed by atoms with Crippen LogP contribution in [0.15, 0.2) is 16.5 Å². The average molecular weight is 277 g/mol. The maximum absolute atomic E-state index is 5.94. The molecule has 20 heavy (non-hydrogen) atoms. The first-order valence-corrected chi connectivity index (χ1v) is 8.11. The minimum Gasteiger partial charge on any atom is -0.462 e. The van der Waals surface area contributed by atoms with Gasteiger partial charge in [0.05, 0.1) is 6.04 Å². The van der Waals surface area contributed by atoms with Crippen LogP contribution in [0.1, 0.15) is 56.6 Å². The third kappa shape index (κ3) is 2.94. The molecule has 2 saturated carbocycles. The number of nitrogens with one attached hydrogen (secondary N) is 1. The lowest BCUT2D eigenvalue weighted by Crippen LogP contribution is -2.25. The highest BCUT2D eigenvalue weighted by Gasteiger charge is 2.40. The Balaban J connectivity index is 1.65. The monoisotopic (exact) mass is 277 g/mol. The van der Waals surface area contributed by atoms with Gasteiger partial charge < -0.3 is 14.5 Å². The third-order valence-electron chi connectivity index (χ3n) is 5.19. The number of methoxy groups -OCH3 is 1. The highest BCUT2D eigenvalue weighted by molar-refractivity contribution is 5.11. The van der Waals surface area contributed by atoms with E-state index in [-0.39, 0.29) is 0 Å². The summed E-state index contributed by atoms with van der Waals surface area (Å²) in [5, 5.41) is 3.61. The van der Waals surface area contributed by atoms with Crippen LogP contribution in [0.3, 0.4) is 0 Å². The first-order chi connectivity index (χ1) is 9.80. The molecule has 112 valence electrons. The molecule has 3 nitrogen and oxygen atoms in total. The molecule has 2 bridgehead atoms. The van der Waals surface area contributed by atoms with Gasteiger partial charge in [-0.3, -0.25) is 0 Å². The maximum Gasteiger partial charge on any atom is 0.129 e. The van der Waals surface area contributed by atoms with Crippen molar-refractivity contribution in [3.05, 3.63) is 23.7 Å². The van der Waals surface area contributed by atoms with Gasteiger partial charge in [-0.25, -0.2) is 0 Å². The smallest absolute Gasteiger partial charge is 0.129 e. The summed E-state index contributed by atoms with van der Waals surface area (Å²) in [6.45, 7) is 3.73. The molecule has 0 aromatic carbocycles. The van der Waals surface area contributed by atoms with Crippen molar-refractivity contribution in [3.63, 3.8) is 0 Å². The quantitative estimate of drug-likeness (QED) is 0.820. The fourth-order valence-electron chi connectivity index (χ4n) is 4.32. The van der Waals surface area contributed by atoms with Crippen LogP contribution >= 0.6 is 0 Å². The largest absolute Gasteiger partial charge is 0.462 e. The molecule has 2 aliphatic rings. The first kappa shape index (κ1) is 14.2. The van der Waals surface area contributed by atoms with Gasteiger partial charge in [0.1, 0.15) is 18.1 Å². The number of rotatable bonds is 7. The minimum atomic E-state index is 0.370. The molecule has 2 aliphatic carbocycles. The van der Waals surface area contributed by atoms with Crippen LogP contribution in [-0.2, 0) is 11.3 Å².